The van der Waals surface area contributed by atoms with Crippen LogP contribution in [0.25, 0.3) is 0 Å². The Morgan fingerprint density at radius 1 is 1.62 bits per heavy atom. The van der Waals surface area contributed by atoms with Crippen molar-refractivity contribution in [3.63, 3.8) is 0 Å². The monoisotopic (exact) mass is 393 g/mol. The minimum absolute atomic E-state index is 0.119. The van der Waals surface area contributed by atoms with Gasteiger partial charge in [0.05, 0.1) is 24.7 Å². The van der Waals surface area contributed by atoms with Gasteiger partial charge in [-0.1, -0.05) is 15.9 Å². The summed E-state index contributed by atoms with van der Waals surface area (Å²) in [6.07, 6.45) is 0.119. The normalized spacial score (nSPS) is 9.62. The van der Waals surface area contributed by atoms with Crippen LogP contribution in [-0.2, 0) is 16.0 Å². The van der Waals surface area contributed by atoms with E-state index in [9.17, 15) is 4.79 Å². The highest BCUT2D eigenvalue weighted by Gasteiger charge is 2.13. The van der Waals surface area contributed by atoms with Gasteiger partial charge >= 0.3 is 5.97 Å². The number of rotatable bonds is 3. The van der Waals surface area contributed by atoms with Crippen molar-refractivity contribution in [2.24, 2.45) is 0 Å². The van der Waals surface area contributed by atoms with Crippen LogP contribution >= 0.6 is 38.5 Å². The van der Waals surface area contributed by atoms with Crippen molar-refractivity contribution in [1.29, 1.82) is 5.26 Å². The van der Waals surface area contributed by atoms with Gasteiger partial charge in [0.1, 0.15) is 0 Å². The van der Waals surface area contributed by atoms with Crippen LogP contribution in [0.3, 0.4) is 0 Å². The molecular weight excluding hydrogens is 385 g/mol. The SMILES string of the molecule is CCOC(=O)Cc1c(Br)cc(I)cc1C#N. The Morgan fingerprint density at radius 2 is 2.31 bits per heavy atom. The van der Waals surface area contributed by atoms with Crippen molar-refractivity contribution in [2.45, 2.75) is 13.3 Å². The molecular formula is C11H9BrINO2. The molecule has 0 radical (unpaired) electrons. The molecule has 0 saturated heterocycles. The van der Waals surface area contributed by atoms with E-state index in [0.717, 1.165) is 8.04 Å². The van der Waals surface area contributed by atoms with Crippen LogP contribution in [-0.4, -0.2) is 12.6 Å². The molecule has 0 atom stereocenters. The summed E-state index contributed by atoms with van der Waals surface area (Å²) in [6.45, 7) is 2.11. The van der Waals surface area contributed by atoms with Crippen molar-refractivity contribution in [2.75, 3.05) is 6.61 Å². The van der Waals surface area contributed by atoms with Crippen molar-refractivity contribution in [3.8, 4) is 6.07 Å². The summed E-state index contributed by atoms with van der Waals surface area (Å²) < 4.78 is 6.58. The molecule has 16 heavy (non-hydrogen) atoms. The van der Waals surface area contributed by atoms with E-state index in [1.165, 1.54) is 0 Å². The third-order valence-electron chi connectivity index (χ3n) is 1.91. The van der Waals surface area contributed by atoms with Gasteiger partial charge in [0, 0.05) is 8.04 Å². The van der Waals surface area contributed by atoms with Crippen molar-refractivity contribution in [3.05, 3.63) is 31.3 Å². The Bertz CT molecular complexity index is 454. The molecule has 0 aliphatic carbocycles. The fourth-order valence-corrected chi connectivity index (χ4v) is 2.89. The van der Waals surface area contributed by atoms with Crippen LogP contribution in [0.15, 0.2) is 16.6 Å². The number of hydrogen-bond acceptors (Lipinski definition) is 3. The molecule has 1 aromatic carbocycles. The van der Waals surface area contributed by atoms with E-state index in [2.05, 4.69) is 44.6 Å². The van der Waals surface area contributed by atoms with Crippen LogP contribution < -0.4 is 0 Å². The van der Waals surface area contributed by atoms with Crippen molar-refractivity contribution in [1.82, 2.24) is 0 Å². The highest BCUT2D eigenvalue weighted by Crippen LogP contribution is 2.24. The van der Waals surface area contributed by atoms with Crippen LogP contribution in [0.2, 0.25) is 0 Å². The zero-order valence-corrected chi connectivity index (χ0v) is 12.3. The zero-order valence-electron chi connectivity index (χ0n) is 8.59. The Hall–Kier alpha value is -0.610. The first kappa shape index (κ1) is 13.5. The summed E-state index contributed by atoms with van der Waals surface area (Å²) in [5, 5.41) is 8.98. The van der Waals surface area contributed by atoms with E-state index in [-0.39, 0.29) is 12.4 Å². The number of halogens is 2. The summed E-state index contributed by atoms with van der Waals surface area (Å²) in [5.74, 6) is -0.319. The Kier molecular flexibility index (Phi) is 5.22. The second-order valence-electron chi connectivity index (χ2n) is 3.01. The molecule has 0 aliphatic rings. The van der Waals surface area contributed by atoms with E-state index in [1.54, 1.807) is 13.0 Å². The van der Waals surface area contributed by atoms with Crippen molar-refractivity contribution >= 4 is 44.5 Å². The molecule has 1 rings (SSSR count). The summed E-state index contributed by atoms with van der Waals surface area (Å²) >= 11 is 5.48. The Morgan fingerprint density at radius 3 is 2.88 bits per heavy atom. The fourth-order valence-electron chi connectivity index (χ4n) is 1.24. The molecule has 0 N–H and O–H groups in total. The summed E-state index contributed by atoms with van der Waals surface area (Å²) in [6, 6.07) is 5.70. The molecule has 0 amide bonds. The van der Waals surface area contributed by atoms with E-state index in [0.29, 0.717) is 17.7 Å². The predicted molar refractivity (Wildman–Crippen MR) is 71.9 cm³/mol. The lowest BCUT2D eigenvalue weighted by atomic mass is 10.1. The van der Waals surface area contributed by atoms with Gasteiger partial charge in [-0.3, -0.25) is 4.79 Å². The molecule has 0 aliphatic heterocycles. The minimum atomic E-state index is -0.319. The van der Waals surface area contributed by atoms with E-state index >= 15 is 0 Å². The number of esters is 1. The number of carbonyl (C=O) groups is 1. The maximum absolute atomic E-state index is 11.4. The maximum atomic E-state index is 11.4. The number of nitrogens with zero attached hydrogens (tertiary/aromatic N) is 1. The highest BCUT2D eigenvalue weighted by atomic mass is 127. The lowest BCUT2D eigenvalue weighted by Crippen LogP contribution is -2.09. The number of carbonyl (C=O) groups excluding carboxylic acids is 1. The lowest BCUT2D eigenvalue weighted by Gasteiger charge is -2.07. The quantitative estimate of drug-likeness (QED) is 0.585. The number of hydrogen-bond donors (Lipinski definition) is 0. The van der Waals surface area contributed by atoms with E-state index < -0.39 is 0 Å². The predicted octanol–water partition coefficient (Wildman–Crippen LogP) is 3.03. The van der Waals surface area contributed by atoms with Crippen molar-refractivity contribution < 1.29 is 9.53 Å². The number of nitriles is 1. The third-order valence-corrected chi connectivity index (χ3v) is 3.24. The van der Waals surface area contributed by atoms with Gasteiger partial charge in [-0.25, -0.2) is 0 Å². The highest BCUT2D eigenvalue weighted by molar-refractivity contribution is 14.1. The van der Waals surface area contributed by atoms with Gasteiger partial charge in [-0.15, -0.1) is 0 Å². The zero-order chi connectivity index (χ0) is 12.1. The molecule has 0 heterocycles. The van der Waals surface area contributed by atoms with Crippen LogP contribution in [0.4, 0.5) is 0 Å². The number of ether oxygens (including phenoxy) is 1. The van der Waals surface area contributed by atoms with E-state index in [4.69, 9.17) is 10.00 Å². The molecule has 0 unspecified atom stereocenters. The Labute approximate surface area is 116 Å². The average molecular weight is 394 g/mol. The fraction of sp³-hybridized carbons (Fsp3) is 0.273. The van der Waals surface area contributed by atoms with Gasteiger partial charge in [-0.2, -0.15) is 5.26 Å². The molecule has 5 heteroatoms. The molecule has 0 fully saturated rings. The first-order chi connectivity index (χ1) is 7.58. The molecule has 0 spiro atoms. The first-order valence-corrected chi connectivity index (χ1v) is 6.49. The van der Waals surface area contributed by atoms with Crippen LogP contribution in [0, 0.1) is 14.9 Å². The topological polar surface area (TPSA) is 50.1 Å². The Balaban J connectivity index is 3.04. The second kappa shape index (κ2) is 6.21. The summed E-state index contributed by atoms with van der Waals surface area (Å²) in [5.41, 5.74) is 1.19. The molecule has 1 aromatic rings. The smallest absolute Gasteiger partial charge is 0.310 e. The third kappa shape index (κ3) is 3.46. The van der Waals surface area contributed by atoms with Gasteiger partial charge < -0.3 is 4.74 Å². The van der Waals surface area contributed by atoms with Gasteiger partial charge in [0.2, 0.25) is 0 Å². The lowest BCUT2D eigenvalue weighted by molar-refractivity contribution is -0.142. The largest absolute Gasteiger partial charge is 0.466 e. The molecule has 0 bridgehead atoms. The maximum Gasteiger partial charge on any atom is 0.310 e. The minimum Gasteiger partial charge on any atom is -0.466 e. The molecule has 3 nitrogen and oxygen atoms in total. The van der Waals surface area contributed by atoms with Gasteiger partial charge in [0.25, 0.3) is 0 Å². The van der Waals surface area contributed by atoms with Gasteiger partial charge in [0.15, 0.2) is 0 Å². The molecule has 0 aromatic heterocycles. The first-order valence-electron chi connectivity index (χ1n) is 4.62. The number of benzene rings is 1. The second-order valence-corrected chi connectivity index (χ2v) is 5.11. The van der Waals surface area contributed by atoms with E-state index in [1.807, 2.05) is 6.07 Å². The average Bonchev–Trinajstić information content (AvgIpc) is 2.22. The standard InChI is InChI=1S/C11H9BrINO2/c1-2-16-11(15)5-9-7(6-14)3-8(13)4-10(9)12/h3-4H,2,5H2,1H3. The summed E-state index contributed by atoms with van der Waals surface area (Å²) in [7, 11) is 0. The van der Waals surface area contributed by atoms with Crippen LogP contribution in [0.5, 0.6) is 0 Å². The van der Waals surface area contributed by atoms with Crippen LogP contribution in [0.1, 0.15) is 18.1 Å². The van der Waals surface area contributed by atoms with Gasteiger partial charge in [-0.05, 0) is 47.2 Å². The molecule has 0 saturated carbocycles. The summed E-state index contributed by atoms with van der Waals surface area (Å²) in [4.78, 5) is 11.4. The molecule has 84 valence electrons.